The quantitative estimate of drug-likeness (QED) is 0.911. The lowest BCUT2D eigenvalue weighted by molar-refractivity contribution is -0.141. The maximum atomic E-state index is 12.3. The van der Waals surface area contributed by atoms with E-state index in [2.05, 4.69) is 4.98 Å². The molecule has 1 aromatic carbocycles. The normalized spacial score (nSPS) is 12.1. The lowest BCUT2D eigenvalue weighted by Crippen LogP contribution is -2.40. The number of pyridine rings is 1. The molecule has 98 valence electrons. The number of para-hydroxylation sites is 1. The summed E-state index contributed by atoms with van der Waals surface area (Å²) in [5.74, 6) is -1.36. The minimum absolute atomic E-state index is 0.325. The van der Waals surface area contributed by atoms with Crippen molar-refractivity contribution >= 4 is 22.8 Å². The number of aliphatic carboxylic acids is 1. The Morgan fingerprint density at radius 1 is 1.26 bits per heavy atom. The van der Waals surface area contributed by atoms with E-state index in [0.717, 1.165) is 5.39 Å². The van der Waals surface area contributed by atoms with E-state index in [1.165, 1.54) is 18.9 Å². The van der Waals surface area contributed by atoms with Crippen molar-refractivity contribution < 1.29 is 14.7 Å². The van der Waals surface area contributed by atoms with Crippen LogP contribution in [0.5, 0.6) is 0 Å². The van der Waals surface area contributed by atoms with Crippen LogP contribution in [0.1, 0.15) is 17.3 Å². The number of carbonyl (C=O) groups excluding carboxylic acids is 1. The number of carboxylic acids is 1. The number of aromatic nitrogens is 1. The Morgan fingerprint density at radius 2 is 1.95 bits per heavy atom. The SMILES string of the molecule is CC(C(=O)O)N(C)C(=O)c1ccnc2ccccc12. The Morgan fingerprint density at radius 3 is 2.63 bits per heavy atom. The number of carbonyl (C=O) groups is 2. The summed E-state index contributed by atoms with van der Waals surface area (Å²) in [6, 6.07) is 8.01. The predicted octanol–water partition coefficient (Wildman–Crippen LogP) is 1.78. The summed E-state index contributed by atoms with van der Waals surface area (Å²) in [6.45, 7) is 1.48. The molecule has 0 aliphatic heterocycles. The van der Waals surface area contributed by atoms with E-state index in [1.54, 1.807) is 18.3 Å². The minimum Gasteiger partial charge on any atom is -0.480 e. The highest BCUT2D eigenvalue weighted by Crippen LogP contribution is 2.18. The van der Waals surface area contributed by atoms with Crippen molar-refractivity contribution in [2.24, 2.45) is 0 Å². The fourth-order valence-corrected chi connectivity index (χ4v) is 1.81. The molecule has 5 nitrogen and oxygen atoms in total. The number of fused-ring (bicyclic) bond motifs is 1. The van der Waals surface area contributed by atoms with Crippen molar-refractivity contribution in [3.63, 3.8) is 0 Å². The molecular formula is C14H14N2O3. The third kappa shape index (κ3) is 2.40. The van der Waals surface area contributed by atoms with E-state index in [-0.39, 0.29) is 5.91 Å². The van der Waals surface area contributed by atoms with Crippen LogP contribution in [0.4, 0.5) is 0 Å². The first kappa shape index (κ1) is 13.0. The summed E-state index contributed by atoms with van der Waals surface area (Å²) in [5.41, 5.74) is 1.17. The lowest BCUT2D eigenvalue weighted by atomic mass is 10.1. The number of carboxylic acid groups (broad SMARTS) is 1. The van der Waals surface area contributed by atoms with Crippen molar-refractivity contribution in [2.45, 2.75) is 13.0 Å². The summed E-state index contributed by atoms with van der Waals surface area (Å²) in [7, 11) is 1.48. The maximum Gasteiger partial charge on any atom is 0.326 e. The standard InChI is InChI=1S/C14H14N2O3/c1-9(14(18)19)16(2)13(17)11-7-8-15-12-6-4-3-5-10(11)12/h3-9H,1-2H3,(H,18,19). The molecule has 5 heteroatoms. The zero-order valence-electron chi connectivity index (χ0n) is 10.7. The van der Waals surface area contributed by atoms with E-state index in [9.17, 15) is 9.59 Å². The highest BCUT2D eigenvalue weighted by Gasteiger charge is 2.23. The van der Waals surface area contributed by atoms with Gasteiger partial charge in [0.2, 0.25) is 0 Å². The molecule has 0 spiro atoms. The van der Waals surface area contributed by atoms with Crippen LogP contribution in [0.15, 0.2) is 36.5 Å². The Bertz CT molecular complexity index is 634. The Balaban J connectivity index is 2.44. The number of nitrogens with zero attached hydrogens (tertiary/aromatic N) is 2. The van der Waals surface area contributed by atoms with Crippen LogP contribution >= 0.6 is 0 Å². The highest BCUT2D eigenvalue weighted by molar-refractivity contribution is 6.06. The third-order valence-corrected chi connectivity index (χ3v) is 3.14. The number of hydrogen-bond acceptors (Lipinski definition) is 3. The molecule has 0 radical (unpaired) electrons. The molecular weight excluding hydrogens is 244 g/mol. The number of hydrogen-bond donors (Lipinski definition) is 1. The second-order valence-corrected chi connectivity index (χ2v) is 4.31. The monoisotopic (exact) mass is 258 g/mol. The predicted molar refractivity (Wildman–Crippen MR) is 70.9 cm³/mol. The maximum absolute atomic E-state index is 12.3. The Hall–Kier alpha value is -2.43. The Labute approximate surface area is 110 Å². The van der Waals surface area contributed by atoms with E-state index >= 15 is 0 Å². The van der Waals surface area contributed by atoms with Crippen molar-refractivity contribution in [1.82, 2.24) is 9.88 Å². The summed E-state index contributed by atoms with van der Waals surface area (Å²) in [5, 5.41) is 9.68. The lowest BCUT2D eigenvalue weighted by Gasteiger charge is -2.22. The smallest absolute Gasteiger partial charge is 0.326 e. The molecule has 0 saturated heterocycles. The van der Waals surface area contributed by atoms with Crippen LogP contribution in [0.2, 0.25) is 0 Å². The molecule has 1 atom stereocenters. The Kier molecular flexibility index (Phi) is 3.46. The number of amides is 1. The first-order chi connectivity index (χ1) is 9.02. The molecule has 1 heterocycles. The van der Waals surface area contributed by atoms with Gasteiger partial charge in [0.15, 0.2) is 0 Å². The van der Waals surface area contributed by atoms with Gasteiger partial charge in [-0.05, 0) is 19.1 Å². The number of benzene rings is 1. The first-order valence-corrected chi connectivity index (χ1v) is 5.86. The highest BCUT2D eigenvalue weighted by atomic mass is 16.4. The van der Waals surface area contributed by atoms with Crippen LogP contribution in [0.3, 0.4) is 0 Å². The zero-order chi connectivity index (χ0) is 14.0. The van der Waals surface area contributed by atoms with Gasteiger partial charge in [0.25, 0.3) is 5.91 Å². The van der Waals surface area contributed by atoms with Crippen molar-refractivity contribution in [3.05, 3.63) is 42.1 Å². The van der Waals surface area contributed by atoms with Crippen LogP contribution in [-0.4, -0.2) is 40.0 Å². The molecule has 1 unspecified atom stereocenters. The third-order valence-electron chi connectivity index (χ3n) is 3.14. The number of likely N-dealkylation sites (N-methyl/N-ethyl adjacent to an activating group) is 1. The molecule has 0 aliphatic carbocycles. The van der Waals surface area contributed by atoms with E-state index in [1.807, 2.05) is 18.2 Å². The molecule has 0 aliphatic rings. The van der Waals surface area contributed by atoms with Gasteiger partial charge in [0.05, 0.1) is 11.1 Å². The van der Waals surface area contributed by atoms with Gasteiger partial charge in [-0.15, -0.1) is 0 Å². The van der Waals surface area contributed by atoms with Crippen molar-refractivity contribution in [1.29, 1.82) is 0 Å². The molecule has 19 heavy (non-hydrogen) atoms. The topological polar surface area (TPSA) is 70.5 Å². The second-order valence-electron chi connectivity index (χ2n) is 4.31. The minimum atomic E-state index is -1.03. The molecule has 2 aromatic rings. The summed E-state index contributed by atoms with van der Waals surface area (Å²) in [6.07, 6.45) is 1.55. The summed E-state index contributed by atoms with van der Waals surface area (Å²) >= 11 is 0. The molecule has 1 amide bonds. The van der Waals surface area contributed by atoms with Gasteiger partial charge in [0, 0.05) is 18.6 Å². The van der Waals surface area contributed by atoms with Crippen LogP contribution in [-0.2, 0) is 4.79 Å². The molecule has 0 fully saturated rings. The summed E-state index contributed by atoms with van der Waals surface area (Å²) < 4.78 is 0. The van der Waals surface area contributed by atoms with Gasteiger partial charge >= 0.3 is 5.97 Å². The number of rotatable bonds is 3. The van der Waals surface area contributed by atoms with Crippen LogP contribution < -0.4 is 0 Å². The van der Waals surface area contributed by atoms with Crippen LogP contribution in [0.25, 0.3) is 10.9 Å². The fraction of sp³-hybridized carbons (Fsp3) is 0.214. The van der Waals surface area contributed by atoms with Gasteiger partial charge in [-0.1, -0.05) is 18.2 Å². The average Bonchev–Trinajstić information content (AvgIpc) is 2.44. The zero-order valence-corrected chi connectivity index (χ0v) is 10.7. The second kappa shape index (κ2) is 5.06. The fourth-order valence-electron chi connectivity index (χ4n) is 1.81. The van der Waals surface area contributed by atoms with Gasteiger partial charge in [0.1, 0.15) is 6.04 Å². The summed E-state index contributed by atoms with van der Waals surface area (Å²) in [4.78, 5) is 28.7. The first-order valence-electron chi connectivity index (χ1n) is 5.86. The van der Waals surface area contributed by atoms with Gasteiger partial charge in [-0.25, -0.2) is 4.79 Å². The molecule has 0 saturated carbocycles. The molecule has 1 N–H and O–H groups in total. The molecule has 1 aromatic heterocycles. The van der Waals surface area contributed by atoms with E-state index in [0.29, 0.717) is 11.1 Å². The van der Waals surface area contributed by atoms with Crippen LogP contribution in [0, 0.1) is 0 Å². The van der Waals surface area contributed by atoms with Gasteiger partial charge in [-0.3, -0.25) is 9.78 Å². The van der Waals surface area contributed by atoms with Gasteiger partial charge < -0.3 is 10.0 Å². The van der Waals surface area contributed by atoms with Gasteiger partial charge in [-0.2, -0.15) is 0 Å². The van der Waals surface area contributed by atoms with Crippen molar-refractivity contribution in [3.8, 4) is 0 Å². The molecule has 2 rings (SSSR count). The van der Waals surface area contributed by atoms with E-state index < -0.39 is 12.0 Å². The largest absolute Gasteiger partial charge is 0.480 e. The average molecular weight is 258 g/mol. The van der Waals surface area contributed by atoms with Crippen molar-refractivity contribution in [2.75, 3.05) is 7.05 Å². The van der Waals surface area contributed by atoms with E-state index in [4.69, 9.17) is 5.11 Å². The molecule has 0 bridgehead atoms.